The zero-order chi connectivity index (χ0) is 11.5. The van der Waals surface area contributed by atoms with Crippen molar-refractivity contribution in [3.05, 3.63) is 41.7 Å². The van der Waals surface area contributed by atoms with Crippen LogP contribution in [0.5, 0.6) is 0 Å². The number of halogens is 2. The Balaban J connectivity index is 2.45. The van der Waals surface area contributed by atoms with E-state index in [2.05, 4.69) is 15.6 Å². The zero-order valence-corrected chi connectivity index (χ0v) is 8.61. The van der Waals surface area contributed by atoms with E-state index in [9.17, 15) is 8.78 Å². The Bertz CT molecular complexity index is 475. The molecule has 0 atom stereocenters. The smallest absolute Gasteiger partial charge is 0.128 e. The van der Waals surface area contributed by atoms with Gasteiger partial charge in [0.05, 0.1) is 17.6 Å². The van der Waals surface area contributed by atoms with Gasteiger partial charge in [0.25, 0.3) is 0 Å². The maximum absolute atomic E-state index is 13.0. The largest absolute Gasteiger partial charge is 0.314 e. The summed E-state index contributed by atoms with van der Waals surface area (Å²) >= 11 is 0. The maximum atomic E-state index is 13.0. The van der Waals surface area contributed by atoms with Crippen molar-refractivity contribution in [2.75, 3.05) is 7.05 Å². The highest BCUT2D eigenvalue weighted by Gasteiger charge is 2.08. The molecule has 0 fully saturated rings. The fourth-order valence-corrected chi connectivity index (χ4v) is 1.44. The first-order valence-electron chi connectivity index (χ1n) is 4.71. The van der Waals surface area contributed by atoms with Crippen LogP contribution in [0.25, 0.3) is 5.69 Å². The van der Waals surface area contributed by atoms with E-state index in [-0.39, 0.29) is 0 Å². The van der Waals surface area contributed by atoms with Crippen LogP contribution < -0.4 is 5.32 Å². The first-order chi connectivity index (χ1) is 7.70. The van der Waals surface area contributed by atoms with Gasteiger partial charge in [-0.25, -0.2) is 13.5 Å². The van der Waals surface area contributed by atoms with Gasteiger partial charge in [0.2, 0.25) is 0 Å². The Labute approximate surface area is 90.9 Å². The number of hydrogen-bond acceptors (Lipinski definition) is 3. The van der Waals surface area contributed by atoms with Gasteiger partial charge in [-0.2, -0.15) is 0 Å². The van der Waals surface area contributed by atoms with Crippen LogP contribution in [0.3, 0.4) is 0 Å². The van der Waals surface area contributed by atoms with Gasteiger partial charge < -0.3 is 5.32 Å². The van der Waals surface area contributed by atoms with Crippen LogP contribution in [0.1, 0.15) is 5.69 Å². The van der Waals surface area contributed by atoms with Crippen molar-refractivity contribution >= 4 is 0 Å². The molecule has 2 aromatic rings. The molecule has 2 rings (SSSR count). The van der Waals surface area contributed by atoms with E-state index in [0.29, 0.717) is 12.2 Å². The van der Waals surface area contributed by atoms with Crippen LogP contribution in [0, 0.1) is 11.6 Å². The van der Waals surface area contributed by atoms with E-state index in [1.807, 2.05) is 0 Å². The summed E-state index contributed by atoms with van der Waals surface area (Å²) in [4.78, 5) is 0. The second kappa shape index (κ2) is 4.36. The number of nitrogens with zero attached hydrogens (tertiary/aromatic N) is 3. The number of rotatable bonds is 3. The first-order valence-corrected chi connectivity index (χ1v) is 4.71. The van der Waals surface area contributed by atoms with Gasteiger partial charge in [-0.15, -0.1) is 5.10 Å². The minimum absolute atomic E-state index is 0.320. The Kier molecular flexibility index (Phi) is 2.91. The molecule has 0 bridgehead atoms. The monoisotopic (exact) mass is 224 g/mol. The van der Waals surface area contributed by atoms with E-state index in [1.165, 1.54) is 16.8 Å². The van der Waals surface area contributed by atoms with Crippen LogP contribution in [-0.4, -0.2) is 22.0 Å². The van der Waals surface area contributed by atoms with E-state index < -0.39 is 11.6 Å². The van der Waals surface area contributed by atoms with Crippen molar-refractivity contribution in [2.45, 2.75) is 6.54 Å². The molecule has 84 valence electrons. The van der Waals surface area contributed by atoms with Crippen LogP contribution >= 0.6 is 0 Å². The number of hydrogen-bond donors (Lipinski definition) is 1. The SMILES string of the molecule is CNCc1cnnn1-c1cc(F)cc(F)c1. The fraction of sp³-hybridized carbons (Fsp3) is 0.200. The normalized spacial score (nSPS) is 10.7. The number of nitrogens with one attached hydrogen (secondary N) is 1. The van der Waals surface area contributed by atoms with Crippen molar-refractivity contribution in [3.63, 3.8) is 0 Å². The quantitative estimate of drug-likeness (QED) is 0.853. The van der Waals surface area contributed by atoms with Crippen molar-refractivity contribution in [1.29, 1.82) is 0 Å². The first kappa shape index (κ1) is 10.7. The average Bonchev–Trinajstić information content (AvgIpc) is 2.65. The summed E-state index contributed by atoms with van der Waals surface area (Å²) in [6.07, 6.45) is 1.54. The molecule has 1 aromatic carbocycles. The maximum Gasteiger partial charge on any atom is 0.128 e. The Morgan fingerprint density at radius 1 is 1.25 bits per heavy atom. The van der Waals surface area contributed by atoms with Crippen molar-refractivity contribution in [3.8, 4) is 5.69 Å². The lowest BCUT2D eigenvalue weighted by Crippen LogP contribution is -2.11. The molecule has 16 heavy (non-hydrogen) atoms. The molecule has 0 saturated carbocycles. The lowest BCUT2D eigenvalue weighted by Gasteiger charge is -2.05. The van der Waals surface area contributed by atoms with Crippen LogP contribution in [-0.2, 0) is 6.54 Å². The molecule has 6 heteroatoms. The number of aromatic nitrogens is 3. The lowest BCUT2D eigenvalue weighted by atomic mass is 10.3. The molecule has 1 N–H and O–H groups in total. The molecular weight excluding hydrogens is 214 g/mol. The molecule has 0 saturated heterocycles. The summed E-state index contributed by atoms with van der Waals surface area (Å²) < 4.78 is 27.4. The topological polar surface area (TPSA) is 42.7 Å². The van der Waals surface area contributed by atoms with Crippen LogP contribution in [0.15, 0.2) is 24.4 Å². The molecule has 0 aliphatic carbocycles. The summed E-state index contributed by atoms with van der Waals surface area (Å²) in [5.74, 6) is -1.28. The molecule has 0 aliphatic heterocycles. The van der Waals surface area contributed by atoms with E-state index >= 15 is 0 Å². The second-order valence-corrected chi connectivity index (χ2v) is 3.30. The predicted molar refractivity (Wildman–Crippen MR) is 54.0 cm³/mol. The van der Waals surface area contributed by atoms with Gasteiger partial charge in [0.15, 0.2) is 0 Å². The van der Waals surface area contributed by atoms with E-state index in [1.54, 1.807) is 13.2 Å². The molecule has 0 amide bonds. The summed E-state index contributed by atoms with van der Waals surface area (Å²) in [7, 11) is 1.77. The molecule has 4 nitrogen and oxygen atoms in total. The third-order valence-corrected chi connectivity index (χ3v) is 2.07. The molecule has 1 heterocycles. The van der Waals surface area contributed by atoms with Crippen LogP contribution in [0.2, 0.25) is 0 Å². The minimum Gasteiger partial charge on any atom is -0.314 e. The van der Waals surface area contributed by atoms with Crippen molar-refractivity contribution in [2.24, 2.45) is 0 Å². The minimum atomic E-state index is -0.638. The van der Waals surface area contributed by atoms with Gasteiger partial charge in [-0.1, -0.05) is 5.21 Å². The van der Waals surface area contributed by atoms with Gasteiger partial charge in [0.1, 0.15) is 11.6 Å². The lowest BCUT2D eigenvalue weighted by molar-refractivity contribution is 0.578. The molecule has 0 radical (unpaired) electrons. The summed E-state index contributed by atoms with van der Waals surface area (Å²) in [5, 5.41) is 10.4. The fourth-order valence-electron chi connectivity index (χ4n) is 1.44. The molecule has 0 unspecified atom stereocenters. The van der Waals surface area contributed by atoms with Crippen molar-refractivity contribution in [1.82, 2.24) is 20.3 Å². The molecule has 0 spiro atoms. The third-order valence-electron chi connectivity index (χ3n) is 2.07. The van der Waals surface area contributed by atoms with Crippen LogP contribution in [0.4, 0.5) is 8.78 Å². The summed E-state index contributed by atoms with van der Waals surface area (Å²) in [5.41, 5.74) is 1.05. The molecule has 1 aromatic heterocycles. The summed E-state index contributed by atoms with van der Waals surface area (Å²) in [6, 6.07) is 3.23. The van der Waals surface area contributed by atoms with Gasteiger partial charge >= 0.3 is 0 Å². The van der Waals surface area contributed by atoms with Crippen molar-refractivity contribution < 1.29 is 8.78 Å². The van der Waals surface area contributed by atoms with Gasteiger partial charge in [-0.05, 0) is 19.2 Å². The van der Waals surface area contributed by atoms with Gasteiger partial charge in [-0.3, -0.25) is 0 Å². The second-order valence-electron chi connectivity index (χ2n) is 3.30. The van der Waals surface area contributed by atoms with E-state index in [4.69, 9.17) is 0 Å². The predicted octanol–water partition coefficient (Wildman–Crippen LogP) is 1.26. The molecule has 0 aliphatic rings. The van der Waals surface area contributed by atoms with Gasteiger partial charge in [0, 0.05) is 12.6 Å². The Morgan fingerprint density at radius 2 is 1.94 bits per heavy atom. The highest BCUT2D eigenvalue weighted by atomic mass is 19.1. The summed E-state index contributed by atoms with van der Waals surface area (Å²) in [6.45, 7) is 0.519. The average molecular weight is 224 g/mol. The standard InChI is InChI=1S/C10H10F2N4/c1-13-5-10-6-14-15-16(10)9-3-7(11)2-8(12)4-9/h2-4,6,13H,5H2,1H3. The Hall–Kier alpha value is -1.82. The highest BCUT2D eigenvalue weighted by Crippen LogP contribution is 2.13. The molecular formula is C10H10F2N4. The number of benzene rings is 1. The van der Waals surface area contributed by atoms with E-state index in [0.717, 1.165) is 11.8 Å². The third kappa shape index (κ3) is 2.06. The highest BCUT2D eigenvalue weighted by molar-refractivity contribution is 5.33. The Morgan fingerprint density at radius 3 is 2.56 bits per heavy atom. The zero-order valence-electron chi connectivity index (χ0n) is 8.61.